The number of urea groups is 1. The summed E-state index contributed by atoms with van der Waals surface area (Å²) >= 11 is 0. The second-order valence-electron chi connectivity index (χ2n) is 2.55. The second kappa shape index (κ2) is 5.79. The van der Waals surface area contributed by atoms with Gasteiger partial charge in [0.05, 0.1) is 0 Å². The zero-order valence-corrected chi connectivity index (χ0v) is 8.03. The van der Waals surface area contributed by atoms with Gasteiger partial charge >= 0.3 is 6.03 Å². The Morgan fingerprint density at radius 2 is 1.58 bits per heavy atom. The van der Waals surface area contributed by atoms with Crippen LogP contribution in [0.3, 0.4) is 0 Å². The summed E-state index contributed by atoms with van der Waals surface area (Å²) in [7, 11) is 6.43. The van der Waals surface area contributed by atoms with Crippen LogP contribution in [0.25, 0.3) is 0 Å². The molecule has 0 saturated heterocycles. The fraction of sp³-hybridized carbons (Fsp3) is 0.857. The normalized spacial score (nSPS) is 9.67. The van der Waals surface area contributed by atoms with Crippen LogP contribution in [0.15, 0.2) is 0 Å². The van der Waals surface area contributed by atoms with Crippen LogP contribution in [0.2, 0.25) is 0 Å². The number of nitrogens with zero attached hydrogens (tertiary/aromatic N) is 2. The average Bonchev–Trinajstić information content (AvgIpc) is 2.03. The van der Waals surface area contributed by atoms with Gasteiger partial charge in [0, 0.05) is 28.3 Å². The van der Waals surface area contributed by atoms with Crippen LogP contribution in [-0.2, 0) is 9.47 Å². The van der Waals surface area contributed by atoms with E-state index in [1.54, 1.807) is 14.1 Å². The SMILES string of the molecule is COCN(COC)C(=O)N(C)C. The summed E-state index contributed by atoms with van der Waals surface area (Å²) in [5.41, 5.74) is 0. The molecule has 0 bridgehead atoms. The molecule has 0 rings (SSSR count). The minimum atomic E-state index is -0.126. The molecule has 0 unspecified atom stereocenters. The van der Waals surface area contributed by atoms with Crippen molar-refractivity contribution in [3.05, 3.63) is 0 Å². The number of hydrogen-bond donors (Lipinski definition) is 0. The lowest BCUT2D eigenvalue weighted by molar-refractivity contribution is 0.00538. The molecule has 0 atom stereocenters. The number of hydrogen-bond acceptors (Lipinski definition) is 3. The molecule has 0 aromatic heterocycles. The standard InChI is InChI=1S/C7H16N2O3/c1-8(2)7(10)9(5-11-3)6-12-4/h5-6H2,1-4H3. The van der Waals surface area contributed by atoms with Crippen molar-refractivity contribution < 1.29 is 14.3 Å². The van der Waals surface area contributed by atoms with Crippen LogP contribution in [0, 0.1) is 0 Å². The summed E-state index contributed by atoms with van der Waals surface area (Å²) in [5, 5.41) is 0. The van der Waals surface area contributed by atoms with E-state index in [0.29, 0.717) is 0 Å². The molecule has 5 heteroatoms. The third-order valence-electron chi connectivity index (χ3n) is 1.22. The molecular weight excluding hydrogens is 160 g/mol. The highest BCUT2D eigenvalue weighted by Gasteiger charge is 2.13. The van der Waals surface area contributed by atoms with Gasteiger partial charge < -0.3 is 14.4 Å². The maximum Gasteiger partial charge on any atom is 0.323 e. The molecule has 0 aliphatic rings. The van der Waals surface area contributed by atoms with E-state index in [0.717, 1.165) is 0 Å². The first-order valence-corrected chi connectivity index (χ1v) is 3.57. The molecule has 0 fully saturated rings. The lowest BCUT2D eigenvalue weighted by atomic mass is 10.7. The monoisotopic (exact) mass is 176 g/mol. The molecule has 0 saturated carbocycles. The minimum Gasteiger partial charge on any atom is -0.364 e. The summed E-state index contributed by atoms with van der Waals surface area (Å²) in [5.74, 6) is 0. The van der Waals surface area contributed by atoms with Crippen molar-refractivity contribution in [3.63, 3.8) is 0 Å². The Morgan fingerprint density at radius 1 is 1.17 bits per heavy atom. The quantitative estimate of drug-likeness (QED) is 0.574. The molecule has 0 radical (unpaired) electrons. The Kier molecular flexibility index (Phi) is 5.40. The van der Waals surface area contributed by atoms with Gasteiger partial charge in [-0.1, -0.05) is 0 Å². The van der Waals surface area contributed by atoms with Gasteiger partial charge in [0.25, 0.3) is 0 Å². The van der Waals surface area contributed by atoms with Gasteiger partial charge in [-0.3, -0.25) is 4.90 Å². The van der Waals surface area contributed by atoms with Crippen LogP contribution in [0.5, 0.6) is 0 Å². The van der Waals surface area contributed by atoms with E-state index < -0.39 is 0 Å². The third kappa shape index (κ3) is 3.54. The van der Waals surface area contributed by atoms with Gasteiger partial charge in [-0.05, 0) is 0 Å². The molecule has 0 aromatic carbocycles. The van der Waals surface area contributed by atoms with Crippen LogP contribution < -0.4 is 0 Å². The minimum absolute atomic E-state index is 0.126. The molecule has 72 valence electrons. The van der Waals surface area contributed by atoms with Crippen molar-refractivity contribution in [1.29, 1.82) is 0 Å². The summed E-state index contributed by atoms with van der Waals surface area (Å²) in [6.07, 6.45) is 0. The zero-order valence-electron chi connectivity index (χ0n) is 8.03. The first-order valence-electron chi connectivity index (χ1n) is 3.57. The van der Waals surface area contributed by atoms with Crippen LogP contribution in [0.1, 0.15) is 0 Å². The predicted molar refractivity (Wildman–Crippen MR) is 44.7 cm³/mol. The van der Waals surface area contributed by atoms with E-state index >= 15 is 0 Å². The van der Waals surface area contributed by atoms with E-state index in [4.69, 9.17) is 9.47 Å². The summed E-state index contributed by atoms with van der Waals surface area (Å²) in [4.78, 5) is 14.2. The zero-order chi connectivity index (χ0) is 9.56. The topological polar surface area (TPSA) is 42.0 Å². The predicted octanol–water partition coefficient (Wildman–Crippen LogP) is 0.178. The van der Waals surface area contributed by atoms with Gasteiger partial charge in [-0.2, -0.15) is 0 Å². The summed E-state index contributed by atoms with van der Waals surface area (Å²) < 4.78 is 9.65. The van der Waals surface area contributed by atoms with Crippen molar-refractivity contribution in [2.24, 2.45) is 0 Å². The largest absolute Gasteiger partial charge is 0.364 e. The summed E-state index contributed by atoms with van der Waals surface area (Å²) in [6, 6.07) is -0.126. The van der Waals surface area contributed by atoms with Gasteiger partial charge in [0.2, 0.25) is 0 Å². The maximum absolute atomic E-state index is 11.3. The molecule has 0 heterocycles. The van der Waals surface area contributed by atoms with Crippen molar-refractivity contribution >= 4 is 6.03 Å². The molecule has 0 aliphatic heterocycles. The number of rotatable bonds is 4. The van der Waals surface area contributed by atoms with E-state index in [1.165, 1.54) is 24.0 Å². The molecule has 0 N–H and O–H groups in total. The first kappa shape index (κ1) is 11.2. The van der Waals surface area contributed by atoms with Gasteiger partial charge in [-0.25, -0.2) is 4.79 Å². The highest BCUT2D eigenvalue weighted by molar-refractivity contribution is 5.73. The first-order chi connectivity index (χ1) is 5.63. The molecule has 0 aromatic rings. The Hall–Kier alpha value is -0.810. The van der Waals surface area contributed by atoms with Crippen LogP contribution >= 0.6 is 0 Å². The lowest BCUT2D eigenvalue weighted by Gasteiger charge is -2.24. The highest BCUT2D eigenvalue weighted by Crippen LogP contribution is 1.94. The number of ether oxygens (including phenoxy) is 2. The van der Waals surface area contributed by atoms with Crippen molar-refractivity contribution in [1.82, 2.24) is 9.80 Å². The highest BCUT2D eigenvalue weighted by atomic mass is 16.5. The fourth-order valence-corrected chi connectivity index (χ4v) is 0.742. The third-order valence-corrected chi connectivity index (χ3v) is 1.22. The Bertz CT molecular complexity index is 133. The smallest absolute Gasteiger partial charge is 0.323 e. The Morgan fingerprint density at radius 3 is 1.83 bits per heavy atom. The van der Waals surface area contributed by atoms with Crippen molar-refractivity contribution in [2.75, 3.05) is 41.8 Å². The van der Waals surface area contributed by atoms with Gasteiger partial charge in [0.15, 0.2) is 0 Å². The number of carbonyl (C=O) groups is 1. The van der Waals surface area contributed by atoms with Crippen molar-refractivity contribution in [3.8, 4) is 0 Å². The van der Waals surface area contributed by atoms with Gasteiger partial charge in [0.1, 0.15) is 13.5 Å². The lowest BCUT2D eigenvalue weighted by Crippen LogP contribution is -2.41. The van der Waals surface area contributed by atoms with E-state index in [1.807, 2.05) is 0 Å². The average molecular weight is 176 g/mol. The van der Waals surface area contributed by atoms with E-state index in [-0.39, 0.29) is 19.5 Å². The van der Waals surface area contributed by atoms with Crippen LogP contribution in [0.4, 0.5) is 4.79 Å². The molecular formula is C7H16N2O3. The van der Waals surface area contributed by atoms with Crippen molar-refractivity contribution in [2.45, 2.75) is 0 Å². The number of methoxy groups -OCH3 is 2. The molecule has 12 heavy (non-hydrogen) atoms. The molecule has 5 nitrogen and oxygen atoms in total. The fourth-order valence-electron chi connectivity index (χ4n) is 0.742. The molecule has 2 amide bonds. The molecule has 0 spiro atoms. The van der Waals surface area contributed by atoms with Crippen LogP contribution in [-0.4, -0.2) is 57.6 Å². The number of carbonyl (C=O) groups excluding carboxylic acids is 1. The van der Waals surface area contributed by atoms with Gasteiger partial charge in [-0.15, -0.1) is 0 Å². The number of amides is 2. The van der Waals surface area contributed by atoms with E-state index in [9.17, 15) is 4.79 Å². The maximum atomic E-state index is 11.3. The second-order valence-corrected chi connectivity index (χ2v) is 2.55. The summed E-state index contributed by atoms with van der Waals surface area (Å²) in [6.45, 7) is 0.482. The molecule has 0 aliphatic carbocycles. The Balaban J connectivity index is 3.99. The van der Waals surface area contributed by atoms with E-state index in [2.05, 4.69) is 0 Å². The Labute approximate surface area is 72.8 Å².